The SMILES string of the molecule is Cc1ccccc1N1NC(C(=O)Nc2ccc(Br)cc2)=CCC1=O. The number of halogens is 1. The average molecular weight is 386 g/mol. The third-order valence-electron chi connectivity index (χ3n) is 3.67. The number of carbonyl (C=O) groups is 2. The third kappa shape index (κ3) is 3.49. The molecule has 0 bridgehead atoms. The standard InChI is InChI=1S/C18H16BrN3O2/c1-12-4-2-3-5-16(12)22-17(23)11-10-15(21-22)18(24)20-14-8-6-13(19)7-9-14/h2-10,21H,11H2,1H3,(H,20,24). The fourth-order valence-corrected chi connectivity index (χ4v) is 2.66. The first-order valence-electron chi connectivity index (χ1n) is 7.47. The Bertz CT molecular complexity index is 815. The molecule has 0 spiro atoms. The van der Waals surface area contributed by atoms with Gasteiger partial charge in [0, 0.05) is 16.6 Å². The van der Waals surface area contributed by atoms with Gasteiger partial charge in [-0.2, -0.15) is 0 Å². The molecule has 1 aliphatic heterocycles. The van der Waals surface area contributed by atoms with Gasteiger partial charge in [-0.15, -0.1) is 0 Å². The van der Waals surface area contributed by atoms with Gasteiger partial charge >= 0.3 is 0 Å². The Morgan fingerprint density at radius 1 is 1.17 bits per heavy atom. The van der Waals surface area contributed by atoms with E-state index in [9.17, 15) is 9.59 Å². The van der Waals surface area contributed by atoms with E-state index in [1.807, 2.05) is 43.3 Å². The monoisotopic (exact) mass is 385 g/mol. The smallest absolute Gasteiger partial charge is 0.273 e. The molecular formula is C18H16BrN3O2. The summed E-state index contributed by atoms with van der Waals surface area (Å²) in [4.78, 5) is 24.6. The second-order valence-corrected chi connectivity index (χ2v) is 6.33. The molecule has 0 aromatic heterocycles. The number of hydrogen-bond donors (Lipinski definition) is 2. The number of hydrogen-bond acceptors (Lipinski definition) is 3. The molecule has 122 valence electrons. The van der Waals surface area contributed by atoms with Crippen LogP contribution in [0.5, 0.6) is 0 Å². The van der Waals surface area contributed by atoms with Crippen molar-refractivity contribution in [3.8, 4) is 0 Å². The highest BCUT2D eigenvalue weighted by Crippen LogP contribution is 2.22. The van der Waals surface area contributed by atoms with Gasteiger partial charge in [0.1, 0.15) is 5.70 Å². The van der Waals surface area contributed by atoms with E-state index >= 15 is 0 Å². The van der Waals surface area contributed by atoms with Gasteiger partial charge in [0.15, 0.2) is 0 Å². The van der Waals surface area contributed by atoms with Crippen molar-refractivity contribution in [2.75, 3.05) is 10.3 Å². The number of aryl methyl sites for hydroxylation is 1. The quantitative estimate of drug-likeness (QED) is 0.849. The van der Waals surface area contributed by atoms with Crippen molar-refractivity contribution in [1.82, 2.24) is 5.43 Å². The van der Waals surface area contributed by atoms with Crippen molar-refractivity contribution in [2.45, 2.75) is 13.3 Å². The first-order chi connectivity index (χ1) is 11.5. The average Bonchev–Trinajstić information content (AvgIpc) is 2.58. The van der Waals surface area contributed by atoms with Crippen LogP contribution in [0.1, 0.15) is 12.0 Å². The van der Waals surface area contributed by atoms with Crippen molar-refractivity contribution in [1.29, 1.82) is 0 Å². The molecule has 5 nitrogen and oxygen atoms in total. The lowest BCUT2D eigenvalue weighted by atomic mass is 10.1. The van der Waals surface area contributed by atoms with Gasteiger partial charge in [0.2, 0.25) is 5.91 Å². The summed E-state index contributed by atoms with van der Waals surface area (Å²) in [6, 6.07) is 14.8. The molecule has 6 heteroatoms. The molecule has 0 saturated heterocycles. The fraction of sp³-hybridized carbons (Fsp3) is 0.111. The minimum absolute atomic E-state index is 0.107. The first-order valence-corrected chi connectivity index (χ1v) is 8.26. The van der Waals surface area contributed by atoms with E-state index in [0.29, 0.717) is 11.4 Å². The van der Waals surface area contributed by atoms with Gasteiger partial charge < -0.3 is 5.32 Å². The predicted molar refractivity (Wildman–Crippen MR) is 97.3 cm³/mol. The molecule has 0 saturated carbocycles. The summed E-state index contributed by atoms with van der Waals surface area (Å²) in [5.74, 6) is -0.395. The van der Waals surface area contributed by atoms with Crippen LogP contribution in [-0.2, 0) is 9.59 Å². The van der Waals surface area contributed by atoms with Crippen molar-refractivity contribution in [3.05, 3.63) is 70.3 Å². The summed E-state index contributed by atoms with van der Waals surface area (Å²) in [6.45, 7) is 1.92. The highest BCUT2D eigenvalue weighted by atomic mass is 79.9. The highest BCUT2D eigenvalue weighted by Gasteiger charge is 2.24. The maximum Gasteiger partial charge on any atom is 0.273 e. The molecule has 0 fully saturated rings. The second kappa shape index (κ2) is 6.88. The number of nitrogens with zero attached hydrogens (tertiary/aromatic N) is 1. The Labute approximate surface area is 148 Å². The Hall–Kier alpha value is -2.60. The zero-order chi connectivity index (χ0) is 17.1. The van der Waals surface area contributed by atoms with Crippen molar-refractivity contribution in [2.24, 2.45) is 0 Å². The van der Waals surface area contributed by atoms with Gasteiger partial charge in [0.25, 0.3) is 5.91 Å². The zero-order valence-corrected chi connectivity index (χ0v) is 14.6. The normalized spacial score (nSPS) is 14.0. The molecule has 0 aliphatic carbocycles. The number of benzene rings is 2. The summed E-state index contributed by atoms with van der Waals surface area (Å²) in [7, 11) is 0. The highest BCUT2D eigenvalue weighted by molar-refractivity contribution is 9.10. The van der Waals surface area contributed by atoms with Gasteiger partial charge in [0.05, 0.1) is 5.69 Å². The number of hydrazine groups is 1. The van der Waals surface area contributed by atoms with Crippen LogP contribution >= 0.6 is 15.9 Å². The number of rotatable bonds is 3. The summed E-state index contributed by atoms with van der Waals surface area (Å²) in [5, 5.41) is 4.23. The molecule has 3 rings (SSSR count). The summed E-state index contributed by atoms with van der Waals surface area (Å²) in [5.41, 5.74) is 5.64. The number of carbonyl (C=O) groups excluding carboxylic acids is 2. The van der Waals surface area contributed by atoms with Crippen LogP contribution in [0.15, 0.2) is 64.8 Å². The summed E-state index contributed by atoms with van der Waals surface area (Å²) in [6.07, 6.45) is 1.77. The van der Waals surface area contributed by atoms with E-state index in [1.54, 1.807) is 18.2 Å². The molecule has 0 radical (unpaired) electrons. The Balaban J connectivity index is 1.77. The Morgan fingerprint density at radius 3 is 2.58 bits per heavy atom. The minimum Gasteiger partial charge on any atom is -0.321 e. The molecule has 2 aromatic carbocycles. The van der Waals surface area contributed by atoms with Crippen LogP contribution in [0.2, 0.25) is 0 Å². The minimum atomic E-state index is -0.289. The van der Waals surface area contributed by atoms with Crippen LogP contribution in [0.3, 0.4) is 0 Å². The van der Waals surface area contributed by atoms with Crippen molar-refractivity contribution >= 4 is 39.1 Å². The van der Waals surface area contributed by atoms with Gasteiger partial charge in [-0.1, -0.05) is 34.1 Å². The largest absolute Gasteiger partial charge is 0.321 e. The van der Waals surface area contributed by atoms with Crippen LogP contribution in [0.4, 0.5) is 11.4 Å². The van der Waals surface area contributed by atoms with E-state index < -0.39 is 0 Å². The predicted octanol–water partition coefficient (Wildman–Crippen LogP) is 3.52. The third-order valence-corrected chi connectivity index (χ3v) is 4.19. The van der Waals surface area contributed by atoms with Crippen molar-refractivity contribution in [3.63, 3.8) is 0 Å². The molecule has 0 unspecified atom stereocenters. The molecule has 2 aromatic rings. The topological polar surface area (TPSA) is 61.4 Å². The lowest BCUT2D eigenvalue weighted by molar-refractivity contribution is -0.119. The summed E-state index contributed by atoms with van der Waals surface area (Å²) >= 11 is 3.35. The van der Waals surface area contributed by atoms with Gasteiger partial charge in [-0.05, 0) is 48.9 Å². The van der Waals surface area contributed by atoms with Crippen molar-refractivity contribution < 1.29 is 9.59 Å². The van der Waals surface area contributed by atoms with E-state index in [4.69, 9.17) is 0 Å². The maximum atomic E-state index is 12.4. The fourth-order valence-electron chi connectivity index (χ4n) is 2.39. The molecule has 2 N–H and O–H groups in total. The first kappa shape index (κ1) is 16.3. The molecule has 24 heavy (non-hydrogen) atoms. The molecule has 2 amide bonds. The van der Waals surface area contributed by atoms with Crippen LogP contribution in [0.25, 0.3) is 0 Å². The summed E-state index contributed by atoms with van der Waals surface area (Å²) < 4.78 is 0.937. The zero-order valence-electron chi connectivity index (χ0n) is 13.0. The lowest BCUT2D eigenvalue weighted by Gasteiger charge is -2.29. The molecular weight excluding hydrogens is 370 g/mol. The van der Waals surface area contributed by atoms with E-state index in [2.05, 4.69) is 26.7 Å². The lowest BCUT2D eigenvalue weighted by Crippen LogP contribution is -2.48. The second-order valence-electron chi connectivity index (χ2n) is 5.41. The van der Waals surface area contributed by atoms with Gasteiger partial charge in [-0.25, -0.2) is 5.01 Å². The molecule has 0 atom stereocenters. The van der Waals surface area contributed by atoms with E-state index in [1.165, 1.54) is 5.01 Å². The maximum absolute atomic E-state index is 12.4. The molecule has 1 aliphatic rings. The number of anilines is 2. The van der Waals surface area contributed by atoms with E-state index in [-0.39, 0.29) is 18.2 Å². The number of nitrogens with one attached hydrogen (secondary N) is 2. The van der Waals surface area contributed by atoms with Crippen LogP contribution in [0, 0.1) is 6.92 Å². The van der Waals surface area contributed by atoms with E-state index in [0.717, 1.165) is 15.7 Å². The van der Waals surface area contributed by atoms with Crippen LogP contribution in [-0.4, -0.2) is 11.8 Å². The Kier molecular flexibility index (Phi) is 4.66. The van der Waals surface area contributed by atoms with Gasteiger partial charge in [-0.3, -0.25) is 15.0 Å². The van der Waals surface area contributed by atoms with Crippen LogP contribution < -0.4 is 15.8 Å². The Morgan fingerprint density at radius 2 is 1.88 bits per heavy atom. The number of para-hydroxylation sites is 1. The molecule has 1 heterocycles. The number of amides is 2.